The number of benzene rings is 1. The van der Waals surface area contributed by atoms with Crippen molar-refractivity contribution >= 4 is 12.3 Å². The third kappa shape index (κ3) is 5.89. The third-order valence-corrected chi connectivity index (χ3v) is 2.73. The van der Waals surface area contributed by atoms with Gasteiger partial charge in [0, 0.05) is 12.0 Å². The number of hydrogen-bond acceptors (Lipinski definition) is 4. The largest absolute Gasteiger partial charge is 0.488 e. The van der Waals surface area contributed by atoms with Crippen molar-refractivity contribution in [2.45, 2.75) is 32.6 Å². The van der Waals surface area contributed by atoms with Gasteiger partial charge in [0.25, 0.3) is 0 Å². The normalized spacial score (nSPS) is 10.2. The van der Waals surface area contributed by atoms with Crippen molar-refractivity contribution in [3.63, 3.8) is 0 Å². The summed E-state index contributed by atoms with van der Waals surface area (Å²) in [7, 11) is 0. The Labute approximate surface area is 122 Å². The molecular weight excluding hydrogens is 282 g/mol. The number of ether oxygens (including phenoxy) is 2. The Balaban J connectivity index is 2.30. The summed E-state index contributed by atoms with van der Waals surface area (Å²) in [6.07, 6.45) is 2.58. The van der Waals surface area contributed by atoms with E-state index in [9.17, 15) is 18.4 Å². The molecule has 0 saturated heterocycles. The molecule has 0 aliphatic heterocycles. The van der Waals surface area contributed by atoms with E-state index in [1.165, 1.54) is 0 Å². The number of carbonyl (C=O) groups is 2. The Morgan fingerprint density at radius 2 is 1.86 bits per heavy atom. The van der Waals surface area contributed by atoms with E-state index in [1.807, 2.05) is 0 Å². The highest BCUT2D eigenvalue weighted by atomic mass is 19.1. The highest BCUT2D eigenvalue weighted by molar-refractivity contribution is 5.75. The number of aldehydes is 1. The van der Waals surface area contributed by atoms with Crippen molar-refractivity contribution in [2.24, 2.45) is 0 Å². The first-order valence-corrected chi connectivity index (χ1v) is 6.81. The summed E-state index contributed by atoms with van der Waals surface area (Å²) in [5.41, 5.74) is -0.0770. The lowest BCUT2D eigenvalue weighted by molar-refractivity contribution is -0.143. The maximum Gasteiger partial charge on any atom is 0.305 e. The Bertz CT molecular complexity index is 466. The molecule has 0 radical (unpaired) electrons. The summed E-state index contributed by atoms with van der Waals surface area (Å²) in [6.45, 7) is 2.24. The number of hydrogen-bond donors (Lipinski definition) is 0. The average molecular weight is 300 g/mol. The maximum atomic E-state index is 13.5. The van der Waals surface area contributed by atoms with E-state index in [2.05, 4.69) is 0 Å². The standard InChI is InChI=1S/C15H18F2O4/c1-2-20-14(19)6-4-3-5-7-21-15-12(16)8-11(10-18)9-13(15)17/h8-10H,2-7H2,1H3. The van der Waals surface area contributed by atoms with Crippen LogP contribution in [0.2, 0.25) is 0 Å². The van der Waals surface area contributed by atoms with E-state index >= 15 is 0 Å². The highest BCUT2D eigenvalue weighted by Crippen LogP contribution is 2.23. The fourth-order valence-electron chi connectivity index (χ4n) is 1.74. The molecule has 0 bridgehead atoms. The van der Waals surface area contributed by atoms with Crippen LogP contribution < -0.4 is 4.74 Å². The van der Waals surface area contributed by atoms with Crippen LogP contribution in [0.25, 0.3) is 0 Å². The fourth-order valence-corrected chi connectivity index (χ4v) is 1.74. The van der Waals surface area contributed by atoms with Gasteiger partial charge in [-0.1, -0.05) is 0 Å². The third-order valence-electron chi connectivity index (χ3n) is 2.73. The molecule has 21 heavy (non-hydrogen) atoms. The molecule has 0 unspecified atom stereocenters. The van der Waals surface area contributed by atoms with Gasteiger partial charge in [-0.3, -0.25) is 9.59 Å². The second kappa shape index (κ2) is 9.05. The van der Waals surface area contributed by atoms with Gasteiger partial charge >= 0.3 is 5.97 Å². The van der Waals surface area contributed by atoms with Crippen LogP contribution in [0.15, 0.2) is 12.1 Å². The SMILES string of the molecule is CCOC(=O)CCCCCOc1c(F)cc(C=O)cc1F. The first-order chi connectivity index (χ1) is 10.1. The molecule has 1 aromatic carbocycles. The quantitative estimate of drug-likeness (QED) is 0.399. The van der Waals surface area contributed by atoms with Crippen LogP contribution in [-0.4, -0.2) is 25.5 Å². The van der Waals surface area contributed by atoms with Gasteiger partial charge in [0.05, 0.1) is 13.2 Å². The Hall–Kier alpha value is -1.98. The van der Waals surface area contributed by atoms with Crippen molar-refractivity contribution in [2.75, 3.05) is 13.2 Å². The van der Waals surface area contributed by atoms with Crippen molar-refractivity contribution in [1.29, 1.82) is 0 Å². The smallest absolute Gasteiger partial charge is 0.305 e. The first kappa shape index (κ1) is 17.1. The summed E-state index contributed by atoms with van der Waals surface area (Å²) in [5.74, 6) is -2.53. The molecule has 0 heterocycles. The van der Waals surface area contributed by atoms with Crippen LogP contribution in [0.4, 0.5) is 8.78 Å². The van der Waals surface area contributed by atoms with Gasteiger partial charge in [-0.25, -0.2) is 8.78 Å². The molecule has 0 aliphatic rings. The minimum Gasteiger partial charge on any atom is -0.488 e. The predicted molar refractivity (Wildman–Crippen MR) is 72.3 cm³/mol. The van der Waals surface area contributed by atoms with Crippen molar-refractivity contribution < 1.29 is 27.8 Å². The van der Waals surface area contributed by atoms with Gasteiger partial charge in [-0.2, -0.15) is 0 Å². The zero-order chi connectivity index (χ0) is 15.7. The second-order valence-corrected chi connectivity index (χ2v) is 4.40. The Morgan fingerprint density at radius 1 is 1.19 bits per heavy atom. The summed E-state index contributed by atoms with van der Waals surface area (Å²) >= 11 is 0. The lowest BCUT2D eigenvalue weighted by Gasteiger charge is -2.08. The van der Waals surface area contributed by atoms with Gasteiger partial charge in [0.15, 0.2) is 17.4 Å². The van der Waals surface area contributed by atoms with E-state index in [-0.39, 0.29) is 18.1 Å². The van der Waals surface area contributed by atoms with E-state index in [0.717, 1.165) is 12.1 Å². The Morgan fingerprint density at radius 3 is 2.43 bits per heavy atom. The molecule has 0 N–H and O–H groups in total. The molecular formula is C15H18F2O4. The van der Waals surface area contributed by atoms with Crippen molar-refractivity contribution in [3.8, 4) is 5.75 Å². The maximum absolute atomic E-state index is 13.5. The number of unbranched alkanes of at least 4 members (excludes halogenated alkanes) is 2. The van der Waals surface area contributed by atoms with Gasteiger partial charge in [-0.05, 0) is 38.3 Å². The monoisotopic (exact) mass is 300 g/mol. The predicted octanol–water partition coefficient (Wildman–Crippen LogP) is 3.28. The molecule has 0 atom stereocenters. The van der Waals surface area contributed by atoms with Crippen LogP contribution in [0.1, 0.15) is 43.0 Å². The topological polar surface area (TPSA) is 52.6 Å². The lowest BCUT2D eigenvalue weighted by Crippen LogP contribution is -2.05. The van der Waals surface area contributed by atoms with E-state index < -0.39 is 17.4 Å². The van der Waals surface area contributed by atoms with Crippen molar-refractivity contribution in [1.82, 2.24) is 0 Å². The van der Waals surface area contributed by atoms with Crippen LogP contribution in [0.3, 0.4) is 0 Å². The molecule has 4 nitrogen and oxygen atoms in total. The van der Waals surface area contributed by atoms with Gasteiger partial charge in [-0.15, -0.1) is 0 Å². The van der Waals surface area contributed by atoms with E-state index in [1.54, 1.807) is 6.92 Å². The average Bonchev–Trinajstić information content (AvgIpc) is 2.44. The zero-order valence-corrected chi connectivity index (χ0v) is 11.9. The molecule has 116 valence electrons. The zero-order valence-electron chi connectivity index (χ0n) is 11.9. The van der Waals surface area contributed by atoms with Gasteiger partial charge in [0.1, 0.15) is 6.29 Å². The number of rotatable bonds is 9. The molecule has 0 aromatic heterocycles. The van der Waals surface area contributed by atoms with Crippen LogP contribution >= 0.6 is 0 Å². The van der Waals surface area contributed by atoms with E-state index in [0.29, 0.717) is 38.6 Å². The van der Waals surface area contributed by atoms with Crippen LogP contribution in [-0.2, 0) is 9.53 Å². The molecule has 0 fully saturated rings. The van der Waals surface area contributed by atoms with Gasteiger partial charge < -0.3 is 9.47 Å². The molecule has 1 rings (SSSR count). The number of halogens is 2. The molecule has 0 amide bonds. The van der Waals surface area contributed by atoms with Gasteiger partial charge in [0.2, 0.25) is 0 Å². The molecule has 0 spiro atoms. The van der Waals surface area contributed by atoms with E-state index in [4.69, 9.17) is 9.47 Å². The number of esters is 1. The van der Waals surface area contributed by atoms with Crippen molar-refractivity contribution in [3.05, 3.63) is 29.3 Å². The van der Waals surface area contributed by atoms with Crippen LogP contribution in [0.5, 0.6) is 5.75 Å². The second-order valence-electron chi connectivity index (χ2n) is 4.40. The minimum atomic E-state index is -0.899. The Kier molecular flexibility index (Phi) is 7.36. The minimum absolute atomic E-state index is 0.0770. The summed E-state index contributed by atoms with van der Waals surface area (Å²) in [5, 5.41) is 0. The highest BCUT2D eigenvalue weighted by Gasteiger charge is 2.12. The first-order valence-electron chi connectivity index (χ1n) is 6.81. The molecule has 0 saturated carbocycles. The summed E-state index contributed by atoms with van der Waals surface area (Å²) < 4.78 is 36.8. The molecule has 0 aliphatic carbocycles. The molecule has 1 aromatic rings. The summed E-state index contributed by atoms with van der Waals surface area (Å²) in [4.78, 5) is 21.5. The van der Waals surface area contributed by atoms with Crippen LogP contribution in [0, 0.1) is 11.6 Å². The summed E-state index contributed by atoms with van der Waals surface area (Å²) in [6, 6.07) is 1.85. The lowest BCUT2D eigenvalue weighted by atomic mass is 10.2. The molecule has 6 heteroatoms. The number of carbonyl (C=O) groups excluding carboxylic acids is 2. The fraction of sp³-hybridized carbons (Fsp3) is 0.467.